The van der Waals surface area contributed by atoms with Gasteiger partial charge in [-0.15, -0.1) is 0 Å². The second kappa shape index (κ2) is 10.8. The summed E-state index contributed by atoms with van der Waals surface area (Å²) in [5.41, 5.74) is 2.45. The molecule has 4 aromatic rings. The number of aromatic nitrogens is 4. The number of rotatable bonds is 10. The lowest BCUT2D eigenvalue weighted by Gasteiger charge is -2.16. The zero-order chi connectivity index (χ0) is 25.9. The highest BCUT2D eigenvalue weighted by Gasteiger charge is 2.18. The summed E-state index contributed by atoms with van der Waals surface area (Å²) in [5, 5.41) is 0.886. The monoisotopic (exact) mass is 588 g/mol. The Kier molecular flexibility index (Phi) is 7.93. The van der Waals surface area contributed by atoms with E-state index in [0.29, 0.717) is 29.4 Å². The van der Waals surface area contributed by atoms with Crippen LogP contribution in [-0.2, 0) is 21.3 Å². The van der Waals surface area contributed by atoms with Crippen LogP contribution in [0, 0.1) is 0 Å². The van der Waals surface area contributed by atoms with Gasteiger partial charge in [-0.05, 0) is 58.4 Å². The molecule has 0 aromatic carbocycles. The number of sulfone groups is 1. The standard InChI is InChI=1S/C25H29BrN4O4SSi/c1-5-35(31,32)23-10-9-19(16-28-23)34-22-15-18-14-21(20-8-6-7-11-27-20)30(25(18)29-24(22)26)17-33-12-13-36(2,3)4/h6-11,14-16H,5,12-13,17H2,1-4H3. The molecule has 0 saturated carbocycles. The summed E-state index contributed by atoms with van der Waals surface area (Å²) in [6, 6.07) is 13.8. The fraction of sp³-hybridized carbons (Fsp3) is 0.320. The summed E-state index contributed by atoms with van der Waals surface area (Å²) in [6.45, 7) is 9.61. The highest BCUT2D eigenvalue weighted by atomic mass is 79.9. The molecule has 190 valence electrons. The minimum absolute atomic E-state index is 0.0101. The molecular formula is C25H29BrN4O4SSi. The van der Waals surface area contributed by atoms with Gasteiger partial charge in [0.15, 0.2) is 25.2 Å². The van der Waals surface area contributed by atoms with Gasteiger partial charge in [0.25, 0.3) is 0 Å². The van der Waals surface area contributed by atoms with Crippen LogP contribution in [0.1, 0.15) is 6.92 Å². The Labute approximate surface area is 220 Å². The van der Waals surface area contributed by atoms with Gasteiger partial charge in [-0.1, -0.05) is 32.6 Å². The lowest BCUT2D eigenvalue weighted by molar-refractivity contribution is 0.0908. The number of nitrogens with zero attached hydrogens (tertiary/aromatic N) is 4. The number of ether oxygens (including phenoxy) is 2. The van der Waals surface area contributed by atoms with Gasteiger partial charge < -0.3 is 9.47 Å². The molecule has 0 aliphatic heterocycles. The molecule has 0 atom stereocenters. The van der Waals surface area contributed by atoms with E-state index in [-0.39, 0.29) is 10.8 Å². The van der Waals surface area contributed by atoms with Gasteiger partial charge in [0.2, 0.25) is 0 Å². The van der Waals surface area contributed by atoms with Crippen LogP contribution in [0.2, 0.25) is 25.7 Å². The first-order valence-electron chi connectivity index (χ1n) is 11.6. The number of hydrogen-bond acceptors (Lipinski definition) is 7. The second-order valence-electron chi connectivity index (χ2n) is 9.55. The molecule has 0 N–H and O–H groups in total. The molecule has 11 heteroatoms. The van der Waals surface area contributed by atoms with E-state index in [1.807, 2.05) is 34.9 Å². The summed E-state index contributed by atoms with van der Waals surface area (Å²) < 4.78 is 38.6. The van der Waals surface area contributed by atoms with Crippen molar-refractivity contribution in [2.75, 3.05) is 12.4 Å². The molecule has 0 unspecified atom stereocenters. The molecule has 8 nitrogen and oxygen atoms in total. The Morgan fingerprint density at radius 2 is 1.89 bits per heavy atom. The largest absolute Gasteiger partial charge is 0.453 e. The van der Waals surface area contributed by atoms with Crippen molar-refractivity contribution >= 4 is 44.9 Å². The number of hydrogen-bond donors (Lipinski definition) is 0. The van der Waals surface area contributed by atoms with E-state index in [0.717, 1.165) is 28.5 Å². The van der Waals surface area contributed by atoms with Crippen molar-refractivity contribution in [3.05, 3.63) is 59.5 Å². The molecule has 4 rings (SSSR count). The van der Waals surface area contributed by atoms with Crippen molar-refractivity contribution in [1.82, 2.24) is 19.5 Å². The molecule has 0 spiro atoms. The lowest BCUT2D eigenvalue weighted by atomic mass is 10.2. The second-order valence-corrected chi connectivity index (χ2v) is 18.1. The molecule has 4 heterocycles. The fourth-order valence-electron chi connectivity index (χ4n) is 3.49. The number of fused-ring (bicyclic) bond motifs is 1. The molecule has 4 aromatic heterocycles. The summed E-state index contributed by atoms with van der Waals surface area (Å²) in [7, 11) is -4.58. The zero-order valence-corrected chi connectivity index (χ0v) is 24.1. The van der Waals surface area contributed by atoms with Crippen LogP contribution in [-0.4, -0.2) is 48.4 Å². The summed E-state index contributed by atoms with van der Waals surface area (Å²) in [4.78, 5) is 13.3. The van der Waals surface area contributed by atoms with Crippen molar-refractivity contribution in [3.8, 4) is 22.9 Å². The first kappa shape index (κ1) is 26.5. The van der Waals surface area contributed by atoms with Gasteiger partial charge in [0, 0.05) is 26.3 Å². The van der Waals surface area contributed by atoms with E-state index in [9.17, 15) is 8.42 Å². The Balaban J connectivity index is 1.66. The van der Waals surface area contributed by atoms with Crippen molar-refractivity contribution in [3.63, 3.8) is 0 Å². The Hall–Kier alpha value is -2.60. The number of pyridine rings is 3. The molecule has 0 aliphatic carbocycles. The average molecular weight is 590 g/mol. The minimum atomic E-state index is -3.38. The molecule has 36 heavy (non-hydrogen) atoms. The number of halogens is 1. The maximum absolute atomic E-state index is 12.0. The minimum Gasteiger partial charge on any atom is -0.453 e. The molecule has 0 saturated heterocycles. The van der Waals surface area contributed by atoms with Gasteiger partial charge >= 0.3 is 0 Å². The zero-order valence-electron chi connectivity index (χ0n) is 20.7. The first-order valence-corrected chi connectivity index (χ1v) is 17.8. The maximum Gasteiger partial charge on any atom is 0.195 e. The molecular weight excluding hydrogens is 560 g/mol. The molecule has 0 amide bonds. The van der Waals surface area contributed by atoms with Crippen LogP contribution in [0.25, 0.3) is 22.4 Å². The average Bonchev–Trinajstić information content (AvgIpc) is 3.19. The van der Waals surface area contributed by atoms with Gasteiger partial charge in [-0.2, -0.15) is 0 Å². The molecule has 0 bridgehead atoms. The molecule has 0 aliphatic rings. The van der Waals surface area contributed by atoms with Gasteiger partial charge in [0.05, 0.1) is 23.3 Å². The lowest BCUT2D eigenvalue weighted by Crippen LogP contribution is -2.22. The third kappa shape index (κ3) is 6.20. The van der Waals surface area contributed by atoms with Gasteiger partial charge in [-0.25, -0.2) is 18.4 Å². The van der Waals surface area contributed by atoms with Crippen LogP contribution in [0.5, 0.6) is 11.5 Å². The normalized spacial score (nSPS) is 12.2. The van der Waals surface area contributed by atoms with Gasteiger partial charge in [-0.3, -0.25) is 9.55 Å². The van der Waals surface area contributed by atoms with Crippen molar-refractivity contribution in [1.29, 1.82) is 0 Å². The smallest absolute Gasteiger partial charge is 0.195 e. The van der Waals surface area contributed by atoms with Crippen LogP contribution < -0.4 is 4.74 Å². The van der Waals surface area contributed by atoms with Crippen LogP contribution >= 0.6 is 15.9 Å². The van der Waals surface area contributed by atoms with Gasteiger partial charge in [0.1, 0.15) is 18.1 Å². The molecule has 0 fully saturated rings. The van der Waals surface area contributed by atoms with Crippen molar-refractivity contribution in [2.24, 2.45) is 0 Å². The van der Waals surface area contributed by atoms with Crippen molar-refractivity contribution < 1.29 is 17.9 Å². The van der Waals surface area contributed by atoms with Crippen LogP contribution in [0.15, 0.2) is 64.5 Å². The summed E-state index contributed by atoms with van der Waals surface area (Å²) in [6.07, 6.45) is 3.16. The van der Waals surface area contributed by atoms with E-state index in [2.05, 4.69) is 45.5 Å². The van der Waals surface area contributed by atoms with Crippen LogP contribution in [0.3, 0.4) is 0 Å². The van der Waals surface area contributed by atoms with E-state index in [1.165, 1.54) is 12.3 Å². The quantitative estimate of drug-likeness (QED) is 0.124. The Morgan fingerprint density at radius 3 is 2.53 bits per heavy atom. The SMILES string of the molecule is CCS(=O)(=O)c1ccc(Oc2cc3cc(-c4ccccn4)n(COCC[Si](C)(C)C)c3nc2Br)cn1. The predicted molar refractivity (Wildman–Crippen MR) is 147 cm³/mol. The summed E-state index contributed by atoms with van der Waals surface area (Å²) >= 11 is 3.52. The third-order valence-corrected chi connectivity index (χ3v) is 9.48. The first-order chi connectivity index (χ1) is 17.1. The molecule has 0 radical (unpaired) electrons. The Morgan fingerprint density at radius 1 is 1.08 bits per heavy atom. The van der Waals surface area contributed by atoms with E-state index >= 15 is 0 Å². The Bertz CT molecular complexity index is 1450. The van der Waals surface area contributed by atoms with Crippen molar-refractivity contribution in [2.45, 2.75) is 44.4 Å². The highest BCUT2D eigenvalue weighted by molar-refractivity contribution is 9.10. The third-order valence-electron chi connectivity index (χ3n) is 5.57. The topological polar surface area (TPSA) is 96.2 Å². The van der Waals surface area contributed by atoms with Crippen LogP contribution in [0.4, 0.5) is 0 Å². The maximum atomic E-state index is 12.0. The fourth-order valence-corrected chi connectivity index (χ4v) is 5.39. The summed E-state index contributed by atoms with van der Waals surface area (Å²) in [5.74, 6) is 0.884. The van der Waals surface area contributed by atoms with E-state index in [4.69, 9.17) is 14.5 Å². The van der Waals surface area contributed by atoms with E-state index in [1.54, 1.807) is 19.2 Å². The predicted octanol–water partition coefficient (Wildman–Crippen LogP) is 6.15. The van der Waals surface area contributed by atoms with E-state index < -0.39 is 17.9 Å². The highest BCUT2D eigenvalue weighted by Crippen LogP contribution is 2.35.